The zero-order chi connectivity index (χ0) is 26.1. The molecule has 4 aromatic carbocycles. The molecule has 0 amide bonds. The van der Waals surface area contributed by atoms with Crippen LogP contribution < -0.4 is 10.3 Å². The third kappa shape index (κ3) is 4.67. The lowest BCUT2D eigenvalue weighted by Gasteiger charge is -2.10. The number of ether oxygens (including phenoxy) is 1. The van der Waals surface area contributed by atoms with Crippen molar-refractivity contribution in [3.05, 3.63) is 129 Å². The Labute approximate surface area is 221 Å². The van der Waals surface area contributed by atoms with Crippen LogP contribution in [-0.2, 0) is 6.61 Å². The third-order valence-corrected chi connectivity index (χ3v) is 6.20. The number of rotatable bonds is 6. The molecular formula is C30H19ClFN3O3. The molecule has 0 N–H and O–H groups in total. The van der Waals surface area contributed by atoms with Crippen LogP contribution in [0.3, 0.4) is 0 Å². The highest BCUT2D eigenvalue weighted by molar-refractivity contribution is 6.31. The van der Waals surface area contributed by atoms with Gasteiger partial charge in [0.05, 0.1) is 17.1 Å². The molecule has 0 bridgehead atoms. The summed E-state index contributed by atoms with van der Waals surface area (Å²) in [6.07, 6.45) is 1.53. The summed E-state index contributed by atoms with van der Waals surface area (Å²) in [7, 11) is 0. The SMILES string of the molecule is O=c1c2ccccc2nc(-c2cc3cc(Cl)ccc3o2)n1N=Cc1ccccc1OCc1cccc(F)c1. The molecule has 0 saturated carbocycles. The second kappa shape index (κ2) is 9.95. The van der Waals surface area contributed by atoms with Crippen molar-refractivity contribution in [1.82, 2.24) is 9.66 Å². The first-order chi connectivity index (χ1) is 18.5. The molecule has 38 heavy (non-hydrogen) atoms. The molecule has 2 aromatic heterocycles. The minimum Gasteiger partial charge on any atom is -0.488 e. The van der Waals surface area contributed by atoms with Crippen molar-refractivity contribution >= 4 is 39.7 Å². The van der Waals surface area contributed by atoms with Crippen molar-refractivity contribution < 1.29 is 13.5 Å². The Bertz CT molecular complexity index is 1890. The van der Waals surface area contributed by atoms with E-state index in [1.54, 1.807) is 60.7 Å². The molecule has 0 fully saturated rings. The molecule has 6 nitrogen and oxygen atoms in total. The molecule has 0 aliphatic rings. The van der Waals surface area contributed by atoms with E-state index in [1.807, 2.05) is 24.3 Å². The second-order valence-electron chi connectivity index (χ2n) is 8.56. The lowest BCUT2D eigenvalue weighted by molar-refractivity contribution is 0.305. The molecule has 0 spiro atoms. The summed E-state index contributed by atoms with van der Waals surface area (Å²) >= 11 is 6.15. The Hall–Kier alpha value is -4.75. The summed E-state index contributed by atoms with van der Waals surface area (Å²) in [4.78, 5) is 18.2. The highest BCUT2D eigenvalue weighted by Crippen LogP contribution is 2.29. The van der Waals surface area contributed by atoms with E-state index in [9.17, 15) is 9.18 Å². The number of para-hydroxylation sites is 2. The number of hydrogen-bond acceptors (Lipinski definition) is 5. The van der Waals surface area contributed by atoms with E-state index >= 15 is 0 Å². The number of fused-ring (bicyclic) bond motifs is 2. The maximum Gasteiger partial charge on any atom is 0.282 e. The van der Waals surface area contributed by atoms with Gasteiger partial charge in [0.15, 0.2) is 5.76 Å². The molecule has 6 rings (SSSR count). The molecule has 6 aromatic rings. The highest BCUT2D eigenvalue weighted by Gasteiger charge is 2.17. The molecule has 0 atom stereocenters. The van der Waals surface area contributed by atoms with E-state index in [1.165, 1.54) is 23.0 Å². The average molecular weight is 524 g/mol. The van der Waals surface area contributed by atoms with Gasteiger partial charge in [0.2, 0.25) is 5.82 Å². The van der Waals surface area contributed by atoms with Gasteiger partial charge in [-0.1, -0.05) is 48.0 Å². The van der Waals surface area contributed by atoms with Gasteiger partial charge in [-0.25, -0.2) is 9.37 Å². The van der Waals surface area contributed by atoms with Crippen LogP contribution in [-0.4, -0.2) is 15.9 Å². The first kappa shape index (κ1) is 23.6. The number of furan rings is 1. The summed E-state index contributed by atoms with van der Waals surface area (Å²) in [6, 6.07) is 27.6. The van der Waals surface area contributed by atoms with Crippen LogP contribution in [0.4, 0.5) is 4.39 Å². The van der Waals surface area contributed by atoms with Gasteiger partial charge in [0, 0.05) is 16.0 Å². The van der Waals surface area contributed by atoms with E-state index in [2.05, 4.69) is 5.10 Å². The van der Waals surface area contributed by atoms with Crippen LogP contribution in [0.15, 0.2) is 111 Å². The molecule has 0 unspecified atom stereocenters. The lowest BCUT2D eigenvalue weighted by Crippen LogP contribution is -2.20. The predicted octanol–water partition coefficient (Wildman–Crippen LogP) is 7.06. The summed E-state index contributed by atoms with van der Waals surface area (Å²) < 4.78 is 26.7. The van der Waals surface area contributed by atoms with Gasteiger partial charge in [0.25, 0.3) is 5.56 Å². The summed E-state index contributed by atoms with van der Waals surface area (Å²) in [5.74, 6) is 0.820. The van der Waals surface area contributed by atoms with Crippen LogP contribution in [0.2, 0.25) is 5.02 Å². The maximum atomic E-state index is 13.6. The number of aromatic nitrogens is 2. The Kier molecular flexibility index (Phi) is 6.19. The van der Waals surface area contributed by atoms with Gasteiger partial charge in [-0.2, -0.15) is 9.78 Å². The molecule has 0 saturated heterocycles. The monoisotopic (exact) mass is 523 g/mol. The van der Waals surface area contributed by atoms with Crippen molar-refractivity contribution in [3.63, 3.8) is 0 Å². The first-order valence-electron chi connectivity index (χ1n) is 11.8. The quantitative estimate of drug-likeness (QED) is 0.219. The van der Waals surface area contributed by atoms with Crippen molar-refractivity contribution in [2.75, 3.05) is 0 Å². The van der Waals surface area contributed by atoms with E-state index in [4.69, 9.17) is 25.7 Å². The fourth-order valence-corrected chi connectivity index (χ4v) is 4.32. The average Bonchev–Trinajstić information content (AvgIpc) is 3.35. The zero-order valence-corrected chi connectivity index (χ0v) is 20.6. The lowest BCUT2D eigenvalue weighted by atomic mass is 10.2. The van der Waals surface area contributed by atoms with Crippen LogP contribution in [0.1, 0.15) is 11.1 Å². The minimum absolute atomic E-state index is 0.173. The van der Waals surface area contributed by atoms with E-state index in [0.29, 0.717) is 44.1 Å². The molecular weight excluding hydrogens is 505 g/mol. The largest absolute Gasteiger partial charge is 0.488 e. The zero-order valence-electron chi connectivity index (χ0n) is 19.8. The van der Waals surface area contributed by atoms with Gasteiger partial charge in [-0.15, -0.1) is 0 Å². The highest BCUT2D eigenvalue weighted by atomic mass is 35.5. The fraction of sp³-hybridized carbons (Fsp3) is 0.0333. The third-order valence-electron chi connectivity index (χ3n) is 5.97. The van der Waals surface area contributed by atoms with E-state index < -0.39 is 0 Å². The Morgan fingerprint density at radius 1 is 0.974 bits per heavy atom. The summed E-state index contributed by atoms with van der Waals surface area (Å²) in [5.41, 5.74) is 2.11. The van der Waals surface area contributed by atoms with Gasteiger partial charge >= 0.3 is 0 Å². The molecule has 186 valence electrons. The van der Waals surface area contributed by atoms with Crippen molar-refractivity contribution in [3.8, 4) is 17.3 Å². The van der Waals surface area contributed by atoms with E-state index in [-0.39, 0.29) is 23.8 Å². The second-order valence-corrected chi connectivity index (χ2v) is 9.00. The number of nitrogens with zero attached hydrogens (tertiary/aromatic N) is 3. The molecule has 2 heterocycles. The number of halogens is 2. The normalized spacial score (nSPS) is 11.5. The van der Waals surface area contributed by atoms with Crippen molar-refractivity contribution in [2.45, 2.75) is 6.61 Å². The smallest absolute Gasteiger partial charge is 0.282 e. The standard InChI is InChI=1S/C30H19ClFN3O3/c31-22-12-13-27-21(15-22)16-28(38-27)29-34-25-10-3-2-9-24(25)30(36)35(29)33-17-20-7-1-4-11-26(20)37-18-19-6-5-8-23(32)14-19/h1-17H,18H2. The van der Waals surface area contributed by atoms with Crippen LogP contribution >= 0.6 is 11.6 Å². The molecule has 0 aliphatic heterocycles. The van der Waals surface area contributed by atoms with Gasteiger partial charge < -0.3 is 9.15 Å². The summed E-state index contributed by atoms with van der Waals surface area (Å²) in [5, 5.41) is 6.28. The van der Waals surface area contributed by atoms with Gasteiger partial charge in [-0.05, 0) is 66.2 Å². The Morgan fingerprint density at radius 2 is 1.82 bits per heavy atom. The molecule has 0 radical (unpaired) electrons. The van der Waals surface area contributed by atoms with Gasteiger partial charge in [0.1, 0.15) is 23.8 Å². The number of hydrogen-bond donors (Lipinski definition) is 0. The van der Waals surface area contributed by atoms with Crippen LogP contribution in [0.5, 0.6) is 5.75 Å². The first-order valence-corrected chi connectivity index (χ1v) is 12.1. The Morgan fingerprint density at radius 3 is 2.71 bits per heavy atom. The van der Waals surface area contributed by atoms with Crippen molar-refractivity contribution in [1.29, 1.82) is 0 Å². The van der Waals surface area contributed by atoms with Gasteiger partial charge in [-0.3, -0.25) is 4.79 Å². The van der Waals surface area contributed by atoms with Crippen LogP contribution in [0.25, 0.3) is 33.5 Å². The van der Waals surface area contributed by atoms with Crippen LogP contribution in [0, 0.1) is 5.82 Å². The minimum atomic E-state index is -0.349. The topological polar surface area (TPSA) is 69.6 Å². The fourth-order valence-electron chi connectivity index (χ4n) is 4.14. The van der Waals surface area contributed by atoms with Crippen molar-refractivity contribution in [2.24, 2.45) is 5.10 Å². The number of benzene rings is 4. The predicted molar refractivity (Wildman–Crippen MR) is 146 cm³/mol. The molecule has 8 heteroatoms. The summed E-state index contributed by atoms with van der Waals surface area (Å²) in [6.45, 7) is 0.173. The maximum absolute atomic E-state index is 13.6. The molecule has 0 aliphatic carbocycles. The Balaban J connectivity index is 1.42. The van der Waals surface area contributed by atoms with E-state index in [0.717, 1.165) is 5.39 Å².